The van der Waals surface area contributed by atoms with Crippen LogP contribution in [0.5, 0.6) is 0 Å². The average Bonchev–Trinajstić information content (AvgIpc) is 3.55. The molecule has 5 aliphatic carbocycles. The summed E-state index contributed by atoms with van der Waals surface area (Å²) in [6.45, 7) is 12.6. The normalized spacial score (nSPS) is 58.1. The molecule has 5 saturated carbocycles. The van der Waals surface area contributed by atoms with Crippen LogP contribution in [0.25, 0.3) is 0 Å². The molecule has 2 spiro atoms. The highest BCUT2D eigenvalue weighted by molar-refractivity contribution is 5.44. The van der Waals surface area contributed by atoms with Gasteiger partial charge in [-0.05, 0) is 97.8 Å². The van der Waals surface area contributed by atoms with E-state index in [0.717, 1.165) is 51.2 Å². The van der Waals surface area contributed by atoms with Crippen molar-refractivity contribution in [2.75, 3.05) is 20.2 Å². The van der Waals surface area contributed by atoms with E-state index >= 15 is 0 Å². The molecule has 2 radical (unpaired) electrons. The lowest BCUT2D eigenvalue weighted by molar-refractivity contribution is -0.301. The van der Waals surface area contributed by atoms with Crippen LogP contribution in [0.4, 0.5) is 0 Å². The molecule has 232 valence electrons. The molecule has 2 heterocycles. The summed E-state index contributed by atoms with van der Waals surface area (Å²) in [6, 6.07) is 0. The minimum Gasteiger partial charge on any atom is -0.389 e. The first-order chi connectivity index (χ1) is 19.3. The maximum Gasteiger partial charge on any atom is 0.186 e. The van der Waals surface area contributed by atoms with Crippen molar-refractivity contribution in [3.8, 4) is 0 Å². The van der Waals surface area contributed by atoms with Gasteiger partial charge in [0.15, 0.2) is 6.29 Å². The van der Waals surface area contributed by atoms with Crippen molar-refractivity contribution in [1.82, 2.24) is 5.32 Å². The Balaban J connectivity index is 1.15. The monoisotopic (exact) mass is 575 g/mol. The second-order valence-electron chi connectivity index (χ2n) is 16.1. The lowest BCUT2D eigenvalue weighted by Crippen LogP contribution is -2.60. The van der Waals surface area contributed by atoms with Crippen molar-refractivity contribution in [1.29, 1.82) is 0 Å². The van der Waals surface area contributed by atoms with Crippen molar-refractivity contribution in [3.05, 3.63) is 12.0 Å². The summed E-state index contributed by atoms with van der Waals surface area (Å²) in [5.74, 6) is 2.89. The highest BCUT2D eigenvalue weighted by Crippen LogP contribution is 2.90. The van der Waals surface area contributed by atoms with Crippen LogP contribution in [0.3, 0.4) is 0 Å². The Hall–Kier alpha value is -0.320. The predicted octanol–water partition coefficient (Wildman–Crippen LogP) is 2.97. The third kappa shape index (κ3) is 3.57. The van der Waals surface area contributed by atoms with Gasteiger partial charge in [0.2, 0.25) is 0 Å². The zero-order valence-corrected chi connectivity index (χ0v) is 25.9. The van der Waals surface area contributed by atoms with Crippen molar-refractivity contribution >= 4 is 0 Å². The summed E-state index contributed by atoms with van der Waals surface area (Å²) in [5.41, 5.74) is -0.00467. The smallest absolute Gasteiger partial charge is 0.186 e. The van der Waals surface area contributed by atoms with Gasteiger partial charge < -0.3 is 40.0 Å². The van der Waals surface area contributed by atoms with Crippen LogP contribution in [0.1, 0.15) is 86.0 Å². The minimum atomic E-state index is -1.26. The van der Waals surface area contributed by atoms with Crippen molar-refractivity contribution < 1.29 is 34.6 Å². The van der Waals surface area contributed by atoms with E-state index in [-0.39, 0.29) is 45.9 Å². The number of rotatable bonds is 4. The van der Waals surface area contributed by atoms with E-state index < -0.39 is 30.7 Å². The maximum absolute atomic E-state index is 12.2. The number of nitrogens with one attached hydrogen (secondary N) is 1. The molecule has 7 aliphatic rings. The molecule has 14 atom stereocenters. The molecule has 5 N–H and O–H groups in total. The molecule has 8 heteroatoms. The molecule has 0 bridgehead atoms. The summed E-state index contributed by atoms with van der Waals surface area (Å²) in [5, 5.41) is 46.2. The van der Waals surface area contributed by atoms with Gasteiger partial charge in [-0.25, -0.2) is 0 Å². The number of aliphatic hydroxyl groups excluding tert-OH is 4. The largest absolute Gasteiger partial charge is 0.389 e. The molecule has 2 unspecified atom stereocenters. The number of hydrogen-bond donors (Lipinski definition) is 5. The van der Waals surface area contributed by atoms with Gasteiger partial charge >= 0.3 is 0 Å². The average molecular weight is 576 g/mol. The van der Waals surface area contributed by atoms with Gasteiger partial charge in [-0.3, -0.25) is 0 Å². The SMILES string of the molecule is CNCC1C[C@@H](C)[C@H]2[C](O1)[C@H](O)[C@@]1(C)[C]3CC[C@H]4C(C)(C)C(O[C@@H]5OC[C@@H](O)[C@H](O)[C@H]5O)CC[C@@]45C[C@@]35CC[C@]21C. The highest BCUT2D eigenvalue weighted by atomic mass is 16.7. The fourth-order valence-electron chi connectivity index (χ4n) is 12.3. The molecule has 8 nitrogen and oxygen atoms in total. The number of fused-ring (bicyclic) bond motifs is 4. The van der Waals surface area contributed by atoms with Crippen molar-refractivity contribution in [2.45, 2.75) is 129 Å². The molecule has 0 amide bonds. The lowest BCUT2D eigenvalue weighted by atomic mass is 9.41. The van der Waals surface area contributed by atoms with E-state index in [1.54, 1.807) is 5.92 Å². The Morgan fingerprint density at radius 2 is 1.76 bits per heavy atom. The van der Waals surface area contributed by atoms with Gasteiger partial charge in [-0.15, -0.1) is 0 Å². The minimum absolute atomic E-state index is 0.00132. The molecule has 41 heavy (non-hydrogen) atoms. The number of aliphatic hydroxyl groups is 4. The summed E-state index contributed by atoms with van der Waals surface area (Å²) < 4.78 is 18.7. The zero-order chi connectivity index (χ0) is 29.3. The van der Waals surface area contributed by atoms with Gasteiger partial charge in [0.05, 0.1) is 24.9 Å². The van der Waals surface area contributed by atoms with Crippen LogP contribution in [0.15, 0.2) is 0 Å². The van der Waals surface area contributed by atoms with E-state index in [4.69, 9.17) is 14.2 Å². The number of hydrogen-bond acceptors (Lipinski definition) is 8. The molecule has 7 rings (SSSR count). The second-order valence-corrected chi connectivity index (χ2v) is 16.1. The third-order valence-corrected chi connectivity index (χ3v) is 14.3. The summed E-state index contributed by atoms with van der Waals surface area (Å²) in [4.78, 5) is 0. The molecule has 2 aliphatic heterocycles. The first-order valence-corrected chi connectivity index (χ1v) is 16.3. The van der Waals surface area contributed by atoms with Crippen LogP contribution < -0.4 is 5.32 Å². The molecule has 7 fully saturated rings. The first-order valence-electron chi connectivity index (χ1n) is 16.3. The maximum atomic E-state index is 12.2. The number of ether oxygens (including phenoxy) is 3. The quantitative estimate of drug-likeness (QED) is 0.325. The van der Waals surface area contributed by atoms with E-state index in [1.165, 1.54) is 12.8 Å². The number of likely N-dealkylation sites (N-methyl/N-ethyl adjacent to an activating group) is 1. The standard InChI is InChI=1S/C33H53NO7/c1-17-13-18(14-34-6)40-26-23(17)30(4)11-12-33-16-32(33)10-9-22(41-28-25(37)24(36)19(35)15-39-28)29(2,3)20(32)7-8-21(33)31(30,5)27(26)38/h17-20,22-25,27-28,34-38H,7-16H2,1-6H3/t17-,18?,19-,20+,22?,23+,24+,25-,27+,28+,30-,31-,32-,33+/m1/s1. The van der Waals surface area contributed by atoms with Gasteiger partial charge in [0, 0.05) is 17.9 Å². The van der Waals surface area contributed by atoms with Gasteiger partial charge in [-0.2, -0.15) is 0 Å². The van der Waals surface area contributed by atoms with Crippen LogP contribution >= 0.6 is 0 Å². The first kappa shape index (κ1) is 29.4. The van der Waals surface area contributed by atoms with Crippen LogP contribution in [0.2, 0.25) is 0 Å². The molecule has 0 aromatic heterocycles. The van der Waals surface area contributed by atoms with Crippen LogP contribution in [0, 0.1) is 56.9 Å². The zero-order valence-electron chi connectivity index (χ0n) is 25.9. The lowest BCUT2D eigenvalue weighted by Gasteiger charge is -2.63. The Bertz CT molecular complexity index is 1040. The summed E-state index contributed by atoms with van der Waals surface area (Å²) in [6.07, 6.45) is 4.52. The van der Waals surface area contributed by atoms with E-state index in [1.807, 2.05) is 7.05 Å². The molecular weight excluding hydrogens is 522 g/mol. The topological polar surface area (TPSA) is 121 Å². The molecule has 0 aromatic rings. The fraction of sp³-hybridized carbons (Fsp3) is 0.939. The Kier molecular flexibility index (Phi) is 6.70. The highest BCUT2D eigenvalue weighted by Gasteiger charge is 2.85. The van der Waals surface area contributed by atoms with E-state index in [2.05, 4.69) is 39.9 Å². The van der Waals surface area contributed by atoms with E-state index in [0.29, 0.717) is 17.8 Å². The van der Waals surface area contributed by atoms with E-state index in [9.17, 15) is 20.4 Å². The predicted molar refractivity (Wildman–Crippen MR) is 152 cm³/mol. The molecule has 0 aromatic carbocycles. The van der Waals surface area contributed by atoms with Crippen molar-refractivity contribution in [2.24, 2.45) is 44.8 Å². The van der Waals surface area contributed by atoms with Gasteiger partial charge in [0.25, 0.3) is 0 Å². The fourth-order valence-corrected chi connectivity index (χ4v) is 12.3. The third-order valence-electron chi connectivity index (χ3n) is 14.3. The van der Waals surface area contributed by atoms with Gasteiger partial charge in [0.1, 0.15) is 24.4 Å². The Morgan fingerprint density at radius 3 is 2.49 bits per heavy atom. The van der Waals surface area contributed by atoms with Gasteiger partial charge in [-0.1, -0.05) is 34.6 Å². The molecular formula is C33H53NO7. The van der Waals surface area contributed by atoms with Crippen molar-refractivity contribution in [3.63, 3.8) is 0 Å². The van der Waals surface area contributed by atoms with Crippen LogP contribution in [-0.4, -0.2) is 83.5 Å². The Labute approximate surface area is 245 Å². The second kappa shape index (κ2) is 9.35. The van der Waals surface area contributed by atoms with Crippen LogP contribution in [-0.2, 0) is 14.2 Å². The summed E-state index contributed by atoms with van der Waals surface area (Å²) in [7, 11) is 1.97. The Morgan fingerprint density at radius 1 is 1.00 bits per heavy atom. The molecule has 2 saturated heterocycles. The summed E-state index contributed by atoms with van der Waals surface area (Å²) >= 11 is 0.